The van der Waals surface area contributed by atoms with E-state index in [-0.39, 0.29) is 11.7 Å². The molecule has 0 aromatic heterocycles. The summed E-state index contributed by atoms with van der Waals surface area (Å²) >= 11 is 0. The van der Waals surface area contributed by atoms with Crippen LogP contribution in [0.1, 0.15) is 12.0 Å². The minimum atomic E-state index is -0.712. The monoisotopic (exact) mass is 219 g/mol. The van der Waals surface area contributed by atoms with Gasteiger partial charge in [0.05, 0.1) is 5.92 Å². The van der Waals surface area contributed by atoms with Crippen LogP contribution in [0.15, 0.2) is 18.2 Å². The number of anilines is 1. The van der Waals surface area contributed by atoms with Crippen LogP contribution in [0.4, 0.5) is 5.69 Å². The first-order valence-electron chi connectivity index (χ1n) is 5.46. The van der Waals surface area contributed by atoms with Crippen molar-refractivity contribution in [2.45, 2.75) is 18.9 Å². The summed E-state index contributed by atoms with van der Waals surface area (Å²) in [5, 5.41) is 18.4. The summed E-state index contributed by atoms with van der Waals surface area (Å²) in [6.45, 7) is 0.566. The Morgan fingerprint density at radius 3 is 3.00 bits per heavy atom. The lowest BCUT2D eigenvalue weighted by molar-refractivity contribution is -0.141. The van der Waals surface area contributed by atoms with Gasteiger partial charge in [-0.15, -0.1) is 0 Å². The molecule has 4 heteroatoms. The molecule has 1 saturated heterocycles. The standard InChI is InChI=1S/C12H13NO3/c14-10-2-1-7-3-9-4-8(12(15)16)6-13(9)11(7)5-10/h1-2,5,8-9,14H,3-4,6H2,(H,15,16). The van der Waals surface area contributed by atoms with Crippen molar-refractivity contribution in [3.05, 3.63) is 23.8 Å². The number of rotatable bonds is 1. The van der Waals surface area contributed by atoms with E-state index in [4.69, 9.17) is 5.11 Å². The molecule has 3 rings (SSSR count). The molecule has 0 bridgehead atoms. The molecule has 4 nitrogen and oxygen atoms in total. The number of hydrogen-bond donors (Lipinski definition) is 2. The third-order valence-electron chi connectivity index (χ3n) is 3.60. The molecule has 1 aromatic carbocycles. The number of aliphatic carboxylic acids is 1. The number of phenols is 1. The number of carboxylic acids is 1. The van der Waals surface area contributed by atoms with Crippen molar-refractivity contribution in [1.29, 1.82) is 0 Å². The predicted octanol–water partition coefficient (Wildman–Crippen LogP) is 1.23. The largest absolute Gasteiger partial charge is 0.508 e. The molecule has 0 spiro atoms. The lowest BCUT2D eigenvalue weighted by Gasteiger charge is -2.18. The summed E-state index contributed by atoms with van der Waals surface area (Å²) in [4.78, 5) is 13.1. The summed E-state index contributed by atoms with van der Waals surface area (Å²) < 4.78 is 0. The minimum Gasteiger partial charge on any atom is -0.508 e. The van der Waals surface area contributed by atoms with Gasteiger partial charge in [-0.05, 0) is 24.5 Å². The highest BCUT2D eigenvalue weighted by Gasteiger charge is 2.40. The third kappa shape index (κ3) is 1.26. The van der Waals surface area contributed by atoms with E-state index in [1.807, 2.05) is 6.07 Å². The van der Waals surface area contributed by atoms with Gasteiger partial charge >= 0.3 is 5.97 Å². The van der Waals surface area contributed by atoms with E-state index < -0.39 is 5.97 Å². The van der Waals surface area contributed by atoms with Crippen molar-refractivity contribution in [2.24, 2.45) is 5.92 Å². The summed E-state index contributed by atoms with van der Waals surface area (Å²) in [5.41, 5.74) is 2.22. The Balaban J connectivity index is 1.93. The van der Waals surface area contributed by atoms with Crippen molar-refractivity contribution in [3.63, 3.8) is 0 Å². The Morgan fingerprint density at radius 1 is 1.44 bits per heavy atom. The minimum absolute atomic E-state index is 0.248. The van der Waals surface area contributed by atoms with Gasteiger partial charge in [0, 0.05) is 24.3 Å². The maximum absolute atomic E-state index is 10.9. The maximum atomic E-state index is 10.9. The van der Waals surface area contributed by atoms with Crippen LogP contribution in [-0.2, 0) is 11.2 Å². The van der Waals surface area contributed by atoms with Gasteiger partial charge in [0.25, 0.3) is 0 Å². The molecule has 84 valence electrons. The number of aromatic hydroxyl groups is 1. The lowest BCUT2D eigenvalue weighted by atomic mass is 10.0. The van der Waals surface area contributed by atoms with Crippen LogP contribution >= 0.6 is 0 Å². The van der Waals surface area contributed by atoms with E-state index in [1.165, 1.54) is 5.56 Å². The first kappa shape index (κ1) is 9.51. The third-order valence-corrected chi connectivity index (χ3v) is 3.60. The van der Waals surface area contributed by atoms with E-state index in [2.05, 4.69) is 4.90 Å². The number of hydrogen-bond acceptors (Lipinski definition) is 3. The second-order valence-electron chi connectivity index (χ2n) is 4.59. The molecule has 0 aliphatic carbocycles. The molecule has 2 N–H and O–H groups in total. The number of benzene rings is 1. The average molecular weight is 219 g/mol. The van der Waals surface area contributed by atoms with Gasteiger partial charge in [0.15, 0.2) is 0 Å². The molecule has 16 heavy (non-hydrogen) atoms. The highest BCUT2D eigenvalue weighted by atomic mass is 16.4. The maximum Gasteiger partial charge on any atom is 0.308 e. The van der Waals surface area contributed by atoms with Crippen molar-refractivity contribution in [2.75, 3.05) is 11.4 Å². The second-order valence-corrected chi connectivity index (χ2v) is 4.59. The predicted molar refractivity (Wildman–Crippen MR) is 58.7 cm³/mol. The highest BCUT2D eigenvalue weighted by Crippen LogP contribution is 2.41. The van der Waals surface area contributed by atoms with Crippen LogP contribution in [0.3, 0.4) is 0 Å². The highest BCUT2D eigenvalue weighted by molar-refractivity contribution is 5.74. The molecular formula is C12H13NO3. The van der Waals surface area contributed by atoms with Gasteiger partial charge in [-0.25, -0.2) is 0 Å². The number of carbonyl (C=O) groups is 1. The summed E-state index contributed by atoms with van der Waals surface area (Å²) in [6.07, 6.45) is 1.62. The number of fused-ring (bicyclic) bond motifs is 3. The van der Waals surface area contributed by atoms with E-state index in [1.54, 1.807) is 12.1 Å². The molecule has 2 atom stereocenters. The molecule has 2 aliphatic rings. The smallest absolute Gasteiger partial charge is 0.308 e. The Morgan fingerprint density at radius 2 is 2.25 bits per heavy atom. The number of phenolic OH excluding ortho intramolecular Hbond substituents is 1. The zero-order valence-electron chi connectivity index (χ0n) is 8.76. The van der Waals surface area contributed by atoms with Crippen LogP contribution in [0, 0.1) is 5.92 Å². The SMILES string of the molecule is O=C(O)C1CC2Cc3ccc(O)cc3N2C1. The fourth-order valence-electron chi connectivity index (χ4n) is 2.83. The Hall–Kier alpha value is -1.71. The Bertz CT molecular complexity index is 458. The van der Waals surface area contributed by atoms with Crippen molar-refractivity contribution >= 4 is 11.7 Å². The van der Waals surface area contributed by atoms with Gasteiger partial charge in [-0.3, -0.25) is 4.79 Å². The van der Waals surface area contributed by atoms with Crippen LogP contribution in [0.25, 0.3) is 0 Å². The Labute approximate surface area is 93.1 Å². The summed E-state index contributed by atoms with van der Waals surface area (Å²) in [6, 6.07) is 5.66. The van der Waals surface area contributed by atoms with E-state index in [0.717, 1.165) is 12.1 Å². The van der Waals surface area contributed by atoms with Crippen LogP contribution in [0.5, 0.6) is 5.75 Å². The molecule has 0 amide bonds. The zero-order chi connectivity index (χ0) is 11.3. The fraction of sp³-hybridized carbons (Fsp3) is 0.417. The zero-order valence-corrected chi connectivity index (χ0v) is 8.76. The number of nitrogens with zero attached hydrogens (tertiary/aromatic N) is 1. The first-order valence-corrected chi connectivity index (χ1v) is 5.46. The summed E-state index contributed by atoms with van der Waals surface area (Å²) in [7, 11) is 0. The topological polar surface area (TPSA) is 60.8 Å². The van der Waals surface area contributed by atoms with Crippen molar-refractivity contribution in [3.8, 4) is 5.75 Å². The first-order chi connectivity index (χ1) is 7.65. The molecular weight excluding hydrogens is 206 g/mol. The molecule has 2 heterocycles. The van der Waals surface area contributed by atoms with E-state index in [0.29, 0.717) is 19.0 Å². The molecule has 0 radical (unpaired) electrons. The molecule has 2 aliphatic heterocycles. The van der Waals surface area contributed by atoms with E-state index >= 15 is 0 Å². The normalized spacial score (nSPS) is 26.6. The van der Waals surface area contributed by atoms with Crippen LogP contribution in [-0.4, -0.2) is 28.8 Å². The summed E-state index contributed by atoms with van der Waals surface area (Å²) in [5.74, 6) is -0.727. The van der Waals surface area contributed by atoms with Gasteiger partial charge in [-0.1, -0.05) is 6.07 Å². The van der Waals surface area contributed by atoms with Gasteiger partial charge in [0.2, 0.25) is 0 Å². The van der Waals surface area contributed by atoms with Crippen molar-refractivity contribution in [1.82, 2.24) is 0 Å². The molecule has 1 aromatic rings. The quantitative estimate of drug-likeness (QED) is 0.745. The fourth-order valence-corrected chi connectivity index (χ4v) is 2.83. The number of carboxylic acid groups (broad SMARTS) is 1. The van der Waals surface area contributed by atoms with Crippen LogP contribution < -0.4 is 4.90 Å². The van der Waals surface area contributed by atoms with E-state index in [9.17, 15) is 9.90 Å². The van der Waals surface area contributed by atoms with Gasteiger partial charge in [-0.2, -0.15) is 0 Å². The van der Waals surface area contributed by atoms with Crippen LogP contribution in [0.2, 0.25) is 0 Å². The lowest BCUT2D eigenvalue weighted by Crippen LogP contribution is -2.25. The molecule has 1 fully saturated rings. The van der Waals surface area contributed by atoms with Gasteiger partial charge in [0.1, 0.15) is 5.75 Å². The molecule has 0 saturated carbocycles. The molecule has 2 unspecified atom stereocenters. The van der Waals surface area contributed by atoms with Gasteiger partial charge < -0.3 is 15.1 Å². The second kappa shape index (κ2) is 3.14. The van der Waals surface area contributed by atoms with Crippen molar-refractivity contribution < 1.29 is 15.0 Å². The Kier molecular flexibility index (Phi) is 1.87. The average Bonchev–Trinajstić information content (AvgIpc) is 2.75.